The normalized spacial score (nSPS) is 24.8. The molecule has 0 N–H and O–H groups in total. The average molecular weight is 1000 g/mol. The second kappa shape index (κ2) is 43.0. The number of ether oxygens (including phenoxy) is 5. The van der Waals surface area contributed by atoms with Crippen molar-refractivity contribution in [2.45, 2.75) is 338 Å². The van der Waals surface area contributed by atoms with Gasteiger partial charge in [-0.2, -0.15) is 0 Å². The Morgan fingerprint density at radius 2 is 0.577 bits per heavy atom. The van der Waals surface area contributed by atoms with Gasteiger partial charge >= 0.3 is 11.9 Å². The highest BCUT2D eigenvalue weighted by Gasteiger charge is 2.46. The standard InChI is InChI=1S/C64H122O7/c1-11-15-19-23-27-31-35-39-43-57(44-40-36-32-28-24-20-16-12-2)47-61(65)67-49-59-53(7)51(5)55(9)63(69-59)71-64-56(10)52(6)54(8)60(70-64)50-68-62(66)48-58(45-41-37-33-29-25-21-17-13-3)46-42-38-34-30-26-22-18-14-4/h51-60,63-64H,11-50H2,1-10H3/t51-,52-,53-,54-,55?,56?,59?,60?,63+,64+/m0/s1. The van der Waals surface area contributed by atoms with E-state index >= 15 is 0 Å². The van der Waals surface area contributed by atoms with Gasteiger partial charge < -0.3 is 23.7 Å². The van der Waals surface area contributed by atoms with Crippen LogP contribution in [0.25, 0.3) is 0 Å². The van der Waals surface area contributed by atoms with Crippen LogP contribution in [0.5, 0.6) is 0 Å². The fraction of sp³-hybridized carbons (Fsp3) is 0.969. The molecular weight excluding hydrogens is 881 g/mol. The number of esters is 2. The molecule has 0 spiro atoms. The number of unbranched alkanes of at least 4 members (excludes halogenated alkanes) is 28. The van der Waals surface area contributed by atoms with Crippen molar-refractivity contribution in [1.29, 1.82) is 0 Å². The van der Waals surface area contributed by atoms with Crippen LogP contribution in [0.15, 0.2) is 0 Å². The van der Waals surface area contributed by atoms with Gasteiger partial charge in [0.2, 0.25) is 0 Å². The Hall–Kier alpha value is -1.18. The summed E-state index contributed by atoms with van der Waals surface area (Å²) in [5, 5.41) is 0. The van der Waals surface area contributed by atoms with E-state index < -0.39 is 12.6 Å². The zero-order chi connectivity index (χ0) is 51.9. The molecule has 0 aliphatic carbocycles. The molecule has 10 atom stereocenters. The van der Waals surface area contributed by atoms with E-state index in [-0.39, 0.29) is 61.0 Å². The van der Waals surface area contributed by atoms with Gasteiger partial charge in [0.15, 0.2) is 12.6 Å². The van der Waals surface area contributed by atoms with Crippen LogP contribution in [0, 0.1) is 47.3 Å². The maximum Gasteiger partial charge on any atom is 0.306 e. The second-order valence-corrected chi connectivity index (χ2v) is 23.9. The average Bonchev–Trinajstić information content (AvgIpc) is 3.36. The first-order valence-electron chi connectivity index (χ1n) is 31.7. The SMILES string of the molecule is CCCCCCCCCCC(CCCCCCCCCC)CC(=O)OCC1O[C@H](O[C@H]2OC(COC(=O)CC(CCCCCCCCCC)CCCCCCCCCC)[C@@H](C)[C@H](C)C2C)C(C)[C@@H](C)[C@@H]1C. The van der Waals surface area contributed by atoms with E-state index in [0.29, 0.717) is 36.5 Å². The molecule has 2 rings (SSSR count). The van der Waals surface area contributed by atoms with Crippen LogP contribution in [-0.4, -0.2) is 49.9 Å². The van der Waals surface area contributed by atoms with E-state index in [1.165, 1.54) is 205 Å². The summed E-state index contributed by atoms with van der Waals surface area (Å²) in [6, 6.07) is 0. The summed E-state index contributed by atoms with van der Waals surface area (Å²) >= 11 is 0. The first kappa shape index (κ1) is 65.9. The maximum absolute atomic E-state index is 13.6. The predicted octanol–water partition coefficient (Wildman–Crippen LogP) is 19.5. The maximum atomic E-state index is 13.6. The van der Waals surface area contributed by atoms with E-state index in [1.807, 2.05) is 0 Å². The third kappa shape index (κ3) is 30.2. The molecule has 7 heteroatoms. The van der Waals surface area contributed by atoms with Crippen LogP contribution in [0.2, 0.25) is 0 Å². The van der Waals surface area contributed by atoms with Gasteiger partial charge in [0.1, 0.15) is 13.2 Å². The quantitative estimate of drug-likeness (QED) is 0.0444. The van der Waals surface area contributed by atoms with Gasteiger partial charge in [-0.3, -0.25) is 9.59 Å². The molecule has 0 saturated carbocycles. The van der Waals surface area contributed by atoms with Crippen molar-refractivity contribution < 1.29 is 33.3 Å². The van der Waals surface area contributed by atoms with Gasteiger partial charge in [-0.25, -0.2) is 0 Å². The van der Waals surface area contributed by atoms with Gasteiger partial charge in [-0.15, -0.1) is 0 Å². The van der Waals surface area contributed by atoms with Crippen LogP contribution in [0.4, 0.5) is 0 Å². The smallest absolute Gasteiger partial charge is 0.306 e. The van der Waals surface area contributed by atoms with Gasteiger partial charge in [-0.1, -0.05) is 275 Å². The molecule has 0 amide bonds. The summed E-state index contributed by atoms with van der Waals surface area (Å²) in [6.45, 7) is 23.1. The Labute approximate surface area is 442 Å². The van der Waals surface area contributed by atoms with Gasteiger partial charge in [0.05, 0.1) is 12.2 Å². The van der Waals surface area contributed by atoms with E-state index in [0.717, 1.165) is 25.7 Å². The third-order valence-electron chi connectivity index (χ3n) is 17.8. The van der Waals surface area contributed by atoms with Crippen LogP contribution in [0.1, 0.15) is 313 Å². The summed E-state index contributed by atoms with van der Waals surface area (Å²) in [5.41, 5.74) is 0. The lowest BCUT2D eigenvalue weighted by molar-refractivity contribution is -0.344. The monoisotopic (exact) mass is 1000 g/mol. The molecule has 420 valence electrons. The molecule has 0 radical (unpaired) electrons. The van der Waals surface area contributed by atoms with Crippen LogP contribution < -0.4 is 0 Å². The van der Waals surface area contributed by atoms with Crippen molar-refractivity contribution in [2.75, 3.05) is 13.2 Å². The Morgan fingerprint density at radius 1 is 0.338 bits per heavy atom. The first-order chi connectivity index (χ1) is 34.5. The Balaban J connectivity index is 1.96. The lowest BCUT2D eigenvalue weighted by Crippen LogP contribution is -2.53. The fourth-order valence-electron chi connectivity index (χ4n) is 11.7. The minimum absolute atomic E-state index is 0.0780. The molecule has 2 heterocycles. The molecule has 2 saturated heterocycles. The summed E-state index contributed by atoms with van der Waals surface area (Å²) in [4.78, 5) is 27.2. The van der Waals surface area contributed by atoms with Crippen molar-refractivity contribution in [3.8, 4) is 0 Å². The summed E-state index contributed by atoms with van der Waals surface area (Å²) in [6.07, 6.45) is 46.0. The summed E-state index contributed by atoms with van der Waals surface area (Å²) in [5.74, 6) is 1.96. The fourth-order valence-corrected chi connectivity index (χ4v) is 11.7. The number of carbonyl (C=O) groups is 2. The number of hydrogen-bond acceptors (Lipinski definition) is 7. The number of carbonyl (C=O) groups excluding carboxylic acids is 2. The van der Waals surface area contributed by atoms with Crippen molar-refractivity contribution in [2.24, 2.45) is 47.3 Å². The Bertz CT molecular complexity index is 1110. The molecule has 0 bridgehead atoms. The zero-order valence-electron chi connectivity index (χ0n) is 49.1. The van der Waals surface area contributed by atoms with Gasteiger partial charge in [-0.05, 0) is 61.2 Å². The summed E-state index contributed by atoms with van der Waals surface area (Å²) in [7, 11) is 0. The molecule has 2 aliphatic rings. The Kier molecular flexibility index (Phi) is 39.9. The van der Waals surface area contributed by atoms with E-state index in [4.69, 9.17) is 23.7 Å². The van der Waals surface area contributed by atoms with Crippen LogP contribution in [-0.2, 0) is 33.3 Å². The molecule has 71 heavy (non-hydrogen) atoms. The minimum atomic E-state index is -0.480. The van der Waals surface area contributed by atoms with Crippen molar-refractivity contribution in [3.05, 3.63) is 0 Å². The van der Waals surface area contributed by atoms with E-state index in [9.17, 15) is 9.59 Å². The second-order valence-electron chi connectivity index (χ2n) is 23.9. The topological polar surface area (TPSA) is 80.3 Å². The number of rotatable bonds is 46. The molecule has 0 aromatic rings. The highest BCUT2D eigenvalue weighted by molar-refractivity contribution is 5.70. The zero-order valence-corrected chi connectivity index (χ0v) is 49.1. The van der Waals surface area contributed by atoms with Gasteiger partial charge in [0, 0.05) is 24.7 Å². The highest BCUT2D eigenvalue weighted by Crippen LogP contribution is 2.41. The van der Waals surface area contributed by atoms with Crippen LogP contribution in [0.3, 0.4) is 0 Å². The predicted molar refractivity (Wildman–Crippen MR) is 300 cm³/mol. The molecular formula is C64H122O7. The third-order valence-corrected chi connectivity index (χ3v) is 17.8. The van der Waals surface area contributed by atoms with Gasteiger partial charge in [0.25, 0.3) is 0 Å². The van der Waals surface area contributed by atoms with Crippen LogP contribution >= 0.6 is 0 Å². The van der Waals surface area contributed by atoms with Crippen molar-refractivity contribution in [3.63, 3.8) is 0 Å². The minimum Gasteiger partial charge on any atom is -0.463 e. The van der Waals surface area contributed by atoms with E-state index in [1.54, 1.807) is 0 Å². The highest BCUT2D eigenvalue weighted by atomic mass is 16.8. The molecule has 4 unspecified atom stereocenters. The molecule has 0 aromatic carbocycles. The molecule has 0 aromatic heterocycles. The number of hydrogen-bond donors (Lipinski definition) is 0. The largest absolute Gasteiger partial charge is 0.463 e. The molecule has 2 fully saturated rings. The Morgan fingerprint density at radius 3 is 0.831 bits per heavy atom. The van der Waals surface area contributed by atoms with Crippen molar-refractivity contribution in [1.82, 2.24) is 0 Å². The van der Waals surface area contributed by atoms with E-state index in [2.05, 4.69) is 69.2 Å². The summed E-state index contributed by atoms with van der Waals surface area (Å²) < 4.78 is 32.6. The lowest BCUT2D eigenvalue weighted by Gasteiger charge is -2.48. The van der Waals surface area contributed by atoms with Crippen molar-refractivity contribution >= 4 is 11.9 Å². The lowest BCUT2D eigenvalue weighted by atomic mass is 9.78. The first-order valence-corrected chi connectivity index (χ1v) is 31.7. The molecule has 7 nitrogen and oxygen atoms in total. The molecule has 2 aliphatic heterocycles.